The fourth-order valence-corrected chi connectivity index (χ4v) is 2.43. The van der Waals surface area contributed by atoms with Crippen molar-refractivity contribution in [3.8, 4) is 0 Å². The van der Waals surface area contributed by atoms with Gasteiger partial charge in [0, 0.05) is 11.3 Å². The zero-order valence-electron chi connectivity index (χ0n) is 11.2. The largest absolute Gasteiger partial charge is 0.416 e. The van der Waals surface area contributed by atoms with E-state index in [0.29, 0.717) is 5.69 Å². The Hall–Kier alpha value is -2.57. The first kappa shape index (κ1) is 14.4. The summed E-state index contributed by atoms with van der Waals surface area (Å²) in [6.07, 6.45) is -5.53. The molecule has 1 aliphatic heterocycles. The molecule has 0 aromatic heterocycles. The predicted octanol–water partition coefficient (Wildman–Crippen LogP) is 3.67. The van der Waals surface area contributed by atoms with Crippen LogP contribution in [0.15, 0.2) is 47.5 Å². The minimum atomic E-state index is -4.51. The van der Waals surface area contributed by atoms with E-state index in [-0.39, 0.29) is 17.0 Å². The molecule has 0 spiro atoms. The Morgan fingerprint density at radius 2 is 1.77 bits per heavy atom. The van der Waals surface area contributed by atoms with E-state index in [1.54, 1.807) is 6.07 Å². The molecule has 2 aromatic carbocycles. The molecular weight excluding hydrogens is 298 g/mol. The summed E-state index contributed by atoms with van der Waals surface area (Å²) < 4.78 is 53.0. The average Bonchev–Trinajstić information content (AvgIpc) is 2.46. The fraction of sp³-hybridized carbons (Fsp3) is 0.133. The number of halogens is 4. The molecule has 0 radical (unpaired) electrons. The highest BCUT2D eigenvalue weighted by atomic mass is 19.4. The number of aliphatic imine (C=N–C) groups is 1. The van der Waals surface area contributed by atoms with Gasteiger partial charge in [0.1, 0.15) is 17.8 Å². The molecular formula is C15H11F4N3. The van der Waals surface area contributed by atoms with Crippen LogP contribution in [0, 0.1) is 5.82 Å². The van der Waals surface area contributed by atoms with Gasteiger partial charge in [-0.2, -0.15) is 13.2 Å². The van der Waals surface area contributed by atoms with E-state index in [1.807, 2.05) is 0 Å². The molecule has 0 saturated heterocycles. The van der Waals surface area contributed by atoms with E-state index in [9.17, 15) is 17.6 Å². The molecule has 0 aliphatic carbocycles. The van der Waals surface area contributed by atoms with Crippen molar-refractivity contribution in [2.24, 2.45) is 10.7 Å². The van der Waals surface area contributed by atoms with Gasteiger partial charge in [-0.1, -0.05) is 24.3 Å². The van der Waals surface area contributed by atoms with Crippen molar-refractivity contribution in [1.82, 2.24) is 0 Å². The van der Waals surface area contributed by atoms with Crippen LogP contribution in [-0.2, 0) is 6.18 Å². The third-order valence-electron chi connectivity index (χ3n) is 3.39. The second-order valence-electron chi connectivity index (χ2n) is 4.81. The number of fused-ring (bicyclic) bond motifs is 1. The lowest BCUT2D eigenvalue weighted by Gasteiger charge is -2.26. The van der Waals surface area contributed by atoms with Crippen LogP contribution in [0.25, 0.3) is 0 Å². The summed E-state index contributed by atoms with van der Waals surface area (Å²) in [4.78, 5) is 3.97. The Bertz CT molecular complexity index is 753. The lowest BCUT2D eigenvalue weighted by molar-refractivity contribution is -0.138. The number of amidine groups is 1. The summed E-state index contributed by atoms with van der Waals surface area (Å²) in [6, 6.07) is 9.29. The van der Waals surface area contributed by atoms with E-state index in [0.717, 1.165) is 6.07 Å². The maximum absolute atomic E-state index is 13.7. The fourth-order valence-electron chi connectivity index (χ4n) is 2.43. The van der Waals surface area contributed by atoms with Gasteiger partial charge in [-0.05, 0) is 18.2 Å². The Kier molecular flexibility index (Phi) is 3.27. The first-order valence-corrected chi connectivity index (χ1v) is 6.43. The van der Waals surface area contributed by atoms with Gasteiger partial charge in [-0.15, -0.1) is 0 Å². The van der Waals surface area contributed by atoms with Crippen LogP contribution in [0.1, 0.15) is 22.9 Å². The van der Waals surface area contributed by atoms with E-state index >= 15 is 0 Å². The molecule has 3 nitrogen and oxygen atoms in total. The summed E-state index contributed by atoms with van der Waals surface area (Å²) in [5, 5.41) is 2.79. The van der Waals surface area contributed by atoms with Gasteiger partial charge in [0.2, 0.25) is 0 Å². The number of nitrogens with one attached hydrogen (secondary N) is 1. The summed E-state index contributed by atoms with van der Waals surface area (Å²) in [7, 11) is 0. The Balaban J connectivity index is 2.09. The first-order chi connectivity index (χ1) is 10.4. The number of hydrogen-bond donors (Lipinski definition) is 2. The molecule has 0 bridgehead atoms. The quantitative estimate of drug-likeness (QED) is 0.790. The van der Waals surface area contributed by atoms with E-state index in [1.165, 1.54) is 30.3 Å². The average molecular weight is 309 g/mol. The molecule has 3 N–H and O–H groups in total. The van der Waals surface area contributed by atoms with Crippen LogP contribution in [0.4, 0.5) is 23.2 Å². The molecule has 0 saturated carbocycles. The predicted molar refractivity (Wildman–Crippen MR) is 74.9 cm³/mol. The number of nitrogens with zero attached hydrogens (tertiary/aromatic N) is 1. The van der Waals surface area contributed by atoms with Gasteiger partial charge in [0.25, 0.3) is 0 Å². The third kappa shape index (κ3) is 2.38. The van der Waals surface area contributed by atoms with Gasteiger partial charge in [-0.3, -0.25) is 0 Å². The molecule has 3 rings (SSSR count). The molecule has 1 aliphatic rings. The second-order valence-corrected chi connectivity index (χ2v) is 4.81. The smallest absolute Gasteiger partial charge is 0.383 e. The van der Waals surface area contributed by atoms with Crippen molar-refractivity contribution >= 4 is 11.5 Å². The van der Waals surface area contributed by atoms with Crippen molar-refractivity contribution < 1.29 is 17.6 Å². The highest BCUT2D eigenvalue weighted by Gasteiger charge is 2.36. The minimum Gasteiger partial charge on any atom is -0.383 e. The van der Waals surface area contributed by atoms with E-state index in [2.05, 4.69) is 10.3 Å². The maximum Gasteiger partial charge on any atom is 0.416 e. The van der Waals surface area contributed by atoms with Crippen LogP contribution in [0.3, 0.4) is 0 Å². The molecule has 0 amide bonds. The van der Waals surface area contributed by atoms with E-state index in [4.69, 9.17) is 5.73 Å². The number of alkyl halides is 3. The molecule has 1 unspecified atom stereocenters. The molecule has 1 heterocycles. The minimum absolute atomic E-state index is 0.0622. The van der Waals surface area contributed by atoms with Crippen molar-refractivity contribution in [1.29, 1.82) is 0 Å². The standard InChI is InChI=1S/C15H11F4N3/c16-10-6-3-7-11-12(10)13(20)22-14(21-11)8-4-1-2-5-9(8)15(17,18)19/h1-7,14,21H,(H2,20,22). The Morgan fingerprint density at radius 3 is 2.50 bits per heavy atom. The van der Waals surface area contributed by atoms with Crippen LogP contribution < -0.4 is 11.1 Å². The summed E-state index contributed by atoms with van der Waals surface area (Å²) in [5.41, 5.74) is 5.25. The highest BCUT2D eigenvalue weighted by molar-refractivity contribution is 6.04. The first-order valence-electron chi connectivity index (χ1n) is 6.43. The van der Waals surface area contributed by atoms with Crippen LogP contribution in [0.2, 0.25) is 0 Å². The molecule has 1 atom stereocenters. The second kappa shape index (κ2) is 5.01. The monoisotopic (exact) mass is 309 g/mol. The van der Waals surface area contributed by atoms with Crippen molar-refractivity contribution in [2.75, 3.05) is 5.32 Å². The molecule has 114 valence electrons. The van der Waals surface area contributed by atoms with Gasteiger partial charge in [-0.25, -0.2) is 9.38 Å². The Labute approximate surface area is 123 Å². The summed E-state index contributed by atoms with van der Waals surface area (Å²) in [6.45, 7) is 0. The Morgan fingerprint density at radius 1 is 1.05 bits per heavy atom. The number of nitrogens with two attached hydrogens (primary N) is 1. The third-order valence-corrected chi connectivity index (χ3v) is 3.39. The summed E-state index contributed by atoms with van der Waals surface area (Å²) in [5.74, 6) is -0.706. The highest BCUT2D eigenvalue weighted by Crippen LogP contribution is 2.38. The number of anilines is 1. The SMILES string of the molecule is NC1=NC(c2ccccc2C(F)(F)F)Nc2cccc(F)c21. The van der Waals surface area contributed by atoms with Gasteiger partial charge in [0.15, 0.2) is 0 Å². The number of rotatable bonds is 1. The van der Waals surface area contributed by atoms with Crippen molar-refractivity contribution in [3.05, 3.63) is 65.0 Å². The number of benzene rings is 2. The van der Waals surface area contributed by atoms with Crippen LogP contribution in [0.5, 0.6) is 0 Å². The lowest BCUT2D eigenvalue weighted by atomic mass is 10.0. The molecule has 2 aromatic rings. The maximum atomic E-state index is 13.7. The van der Waals surface area contributed by atoms with Gasteiger partial charge in [0.05, 0.1) is 11.1 Å². The normalized spacial score (nSPS) is 17.5. The van der Waals surface area contributed by atoms with Crippen molar-refractivity contribution in [2.45, 2.75) is 12.3 Å². The lowest BCUT2D eigenvalue weighted by Crippen LogP contribution is -2.27. The summed E-state index contributed by atoms with van der Waals surface area (Å²) >= 11 is 0. The molecule has 7 heteroatoms. The zero-order chi connectivity index (χ0) is 15.9. The zero-order valence-corrected chi connectivity index (χ0v) is 11.2. The number of hydrogen-bond acceptors (Lipinski definition) is 3. The van der Waals surface area contributed by atoms with Gasteiger partial charge >= 0.3 is 6.18 Å². The van der Waals surface area contributed by atoms with Gasteiger partial charge < -0.3 is 11.1 Å². The molecule has 22 heavy (non-hydrogen) atoms. The van der Waals surface area contributed by atoms with Crippen molar-refractivity contribution in [3.63, 3.8) is 0 Å². The van der Waals surface area contributed by atoms with E-state index < -0.39 is 23.7 Å². The van der Waals surface area contributed by atoms with Crippen LogP contribution >= 0.6 is 0 Å². The topological polar surface area (TPSA) is 50.4 Å². The van der Waals surface area contributed by atoms with Crippen LogP contribution in [-0.4, -0.2) is 5.84 Å². The molecule has 0 fully saturated rings.